The highest BCUT2D eigenvalue weighted by Gasteiger charge is 2.30. The molecule has 2 N–H and O–H groups in total. The van der Waals surface area contributed by atoms with Crippen LogP contribution in [0.15, 0.2) is 60.7 Å². The van der Waals surface area contributed by atoms with Gasteiger partial charge in [-0.05, 0) is 30.4 Å². The summed E-state index contributed by atoms with van der Waals surface area (Å²) in [5.74, 6) is 0.146. The number of amides is 2. The summed E-state index contributed by atoms with van der Waals surface area (Å²) in [5.41, 5.74) is 1.62. The number of unbranched alkanes of at least 4 members (excludes halogenated alkanes) is 18. The van der Waals surface area contributed by atoms with E-state index in [4.69, 9.17) is 20.6 Å². The number of esters is 2. The standard InChI is InChI=1S/C51H78N2O7/c1-4-7-9-11-13-15-17-19-21-29-35-45(36-30-22-20-18-16-14-12-10-8-5-2)49(55)53-47(42-58-39-6-3)50(56)52-46(51(57)60-41-44-33-27-24-28-34-44)37-38-48(54)59-40-43-31-25-23-26-32-43/h3,23-28,31-34,45-47H,4-5,7-22,29-30,35-42H2,1-2H3,(H,52,56)(H,53,55)/t46-,47+/m1/s1. The second kappa shape index (κ2) is 35.6. The molecule has 0 fully saturated rings. The largest absolute Gasteiger partial charge is 0.461 e. The van der Waals surface area contributed by atoms with Crippen molar-refractivity contribution < 1.29 is 33.4 Å². The highest BCUT2D eigenvalue weighted by Crippen LogP contribution is 2.21. The van der Waals surface area contributed by atoms with Crippen molar-refractivity contribution in [2.45, 2.75) is 193 Å². The Labute approximate surface area is 363 Å². The summed E-state index contributed by atoms with van der Waals surface area (Å²) < 4.78 is 16.6. The van der Waals surface area contributed by atoms with Crippen molar-refractivity contribution in [1.29, 1.82) is 0 Å². The molecule has 2 aromatic carbocycles. The van der Waals surface area contributed by atoms with Crippen molar-refractivity contribution in [3.63, 3.8) is 0 Å². The van der Waals surface area contributed by atoms with Gasteiger partial charge in [0.2, 0.25) is 11.8 Å². The number of benzene rings is 2. The lowest BCUT2D eigenvalue weighted by Gasteiger charge is -2.25. The highest BCUT2D eigenvalue weighted by molar-refractivity contribution is 5.91. The lowest BCUT2D eigenvalue weighted by Crippen LogP contribution is -2.54. The van der Waals surface area contributed by atoms with E-state index in [0.29, 0.717) is 0 Å². The van der Waals surface area contributed by atoms with Gasteiger partial charge in [0.1, 0.15) is 31.9 Å². The highest BCUT2D eigenvalue weighted by atomic mass is 16.5. The molecule has 60 heavy (non-hydrogen) atoms. The Morgan fingerprint density at radius 1 is 0.550 bits per heavy atom. The first-order chi connectivity index (χ1) is 29.4. The maximum Gasteiger partial charge on any atom is 0.328 e. The van der Waals surface area contributed by atoms with Gasteiger partial charge in [-0.3, -0.25) is 14.4 Å². The van der Waals surface area contributed by atoms with Crippen LogP contribution < -0.4 is 10.6 Å². The fourth-order valence-corrected chi connectivity index (χ4v) is 7.29. The summed E-state index contributed by atoms with van der Waals surface area (Å²) in [7, 11) is 0. The Bertz CT molecular complexity index is 1420. The Balaban J connectivity index is 2.08. The third-order valence-electron chi connectivity index (χ3n) is 11.0. The molecule has 2 rings (SSSR count). The number of carbonyl (C=O) groups excluding carboxylic acids is 4. The third-order valence-corrected chi connectivity index (χ3v) is 11.0. The van der Waals surface area contributed by atoms with Crippen LogP contribution in [0.4, 0.5) is 0 Å². The molecular formula is C51H78N2O7. The van der Waals surface area contributed by atoms with Gasteiger partial charge >= 0.3 is 11.9 Å². The van der Waals surface area contributed by atoms with Crippen molar-refractivity contribution in [3.8, 4) is 12.3 Å². The summed E-state index contributed by atoms with van der Waals surface area (Å²) >= 11 is 0. The molecule has 0 aliphatic carbocycles. The summed E-state index contributed by atoms with van der Waals surface area (Å²) in [6.45, 7) is 4.35. The number of ether oxygens (including phenoxy) is 3. The molecule has 0 saturated heterocycles. The van der Waals surface area contributed by atoms with Crippen LogP contribution in [0.5, 0.6) is 0 Å². The van der Waals surface area contributed by atoms with Crippen molar-refractivity contribution in [3.05, 3.63) is 71.8 Å². The zero-order valence-electron chi connectivity index (χ0n) is 37.2. The zero-order chi connectivity index (χ0) is 43.3. The molecule has 0 aliphatic rings. The van der Waals surface area contributed by atoms with Crippen LogP contribution in [0.2, 0.25) is 0 Å². The quantitative estimate of drug-likeness (QED) is 0.0395. The minimum Gasteiger partial charge on any atom is -0.461 e. The second-order valence-electron chi connectivity index (χ2n) is 16.3. The number of hydrogen-bond donors (Lipinski definition) is 2. The molecular weight excluding hydrogens is 753 g/mol. The van der Waals surface area contributed by atoms with Gasteiger partial charge in [-0.25, -0.2) is 4.79 Å². The molecule has 2 amide bonds. The summed E-state index contributed by atoms with van der Waals surface area (Å²) in [4.78, 5) is 54.2. The fourth-order valence-electron chi connectivity index (χ4n) is 7.29. The molecule has 0 heterocycles. The van der Waals surface area contributed by atoms with Crippen LogP contribution in [0, 0.1) is 18.3 Å². The summed E-state index contributed by atoms with van der Waals surface area (Å²) in [6, 6.07) is 16.2. The van der Waals surface area contributed by atoms with E-state index < -0.39 is 29.9 Å². The normalized spacial score (nSPS) is 12.0. The molecule has 0 aromatic heterocycles. The first kappa shape index (κ1) is 52.0. The van der Waals surface area contributed by atoms with E-state index in [0.717, 1.165) is 62.5 Å². The molecule has 9 nitrogen and oxygen atoms in total. The van der Waals surface area contributed by atoms with E-state index in [1.165, 1.54) is 89.9 Å². The molecule has 0 aliphatic heterocycles. The molecule has 0 bridgehead atoms. The second-order valence-corrected chi connectivity index (χ2v) is 16.3. The van der Waals surface area contributed by atoms with E-state index in [-0.39, 0.29) is 51.1 Å². The van der Waals surface area contributed by atoms with Crippen molar-refractivity contribution >= 4 is 23.8 Å². The molecule has 0 radical (unpaired) electrons. The lowest BCUT2D eigenvalue weighted by atomic mass is 9.93. The van der Waals surface area contributed by atoms with Crippen LogP contribution in [0.25, 0.3) is 0 Å². The SMILES string of the molecule is C#CCOC[C@H](NC(=O)C(CCCCCCCCCCCC)CCCCCCCCCCCC)C(=O)N[C@H](CCC(=O)OCc1ccccc1)C(=O)OCc1ccccc1. The molecule has 9 heteroatoms. The van der Waals surface area contributed by atoms with Crippen LogP contribution >= 0.6 is 0 Å². The van der Waals surface area contributed by atoms with Gasteiger partial charge in [-0.1, -0.05) is 209 Å². The molecule has 0 unspecified atom stereocenters. The van der Waals surface area contributed by atoms with Crippen molar-refractivity contribution in [2.75, 3.05) is 13.2 Å². The van der Waals surface area contributed by atoms with Gasteiger partial charge in [-0.2, -0.15) is 0 Å². The Kier molecular flexibility index (Phi) is 30.8. The maximum atomic E-state index is 14.0. The average Bonchev–Trinajstić information content (AvgIpc) is 3.27. The number of rotatable bonds is 37. The number of carbonyl (C=O) groups is 4. The van der Waals surface area contributed by atoms with E-state index in [1.807, 2.05) is 60.7 Å². The summed E-state index contributed by atoms with van der Waals surface area (Å²) in [5, 5.41) is 5.73. The van der Waals surface area contributed by atoms with Crippen LogP contribution in [-0.2, 0) is 46.6 Å². The summed E-state index contributed by atoms with van der Waals surface area (Å²) in [6.07, 6.45) is 31.1. The molecule has 0 saturated carbocycles. The van der Waals surface area contributed by atoms with Crippen molar-refractivity contribution in [2.24, 2.45) is 5.92 Å². The van der Waals surface area contributed by atoms with Crippen LogP contribution in [0.1, 0.15) is 179 Å². The van der Waals surface area contributed by atoms with Gasteiger partial charge in [-0.15, -0.1) is 6.42 Å². The molecule has 2 atom stereocenters. The number of hydrogen-bond acceptors (Lipinski definition) is 7. The van der Waals surface area contributed by atoms with Gasteiger partial charge in [0.15, 0.2) is 0 Å². The minimum atomic E-state index is -1.17. The molecule has 2 aromatic rings. The zero-order valence-corrected chi connectivity index (χ0v) is 37.2. The van der Waals surface area contributed by atoms with E-state index in [1.54, 1.807) is 0 Å². The minimum absolute atomic E-state index is 0.00442. The van der Waals surface area contributed by atoms with Crippen molar-refractivity contribution in [1.82, 2.24) is 10.6 Å². The Hall–Kier alpha value is -4.16. The molecule has 334 valence electrons. The Morgan fingerprint density at radius 3 is 1.45 bits per heavy atom. The van der Waals surface area contributed by atoms with Gasteiger partial charge in [0.25, 0.3) is 0 Å². The predicted octanol–water partition coefficient (Wildman–Crippen LogP) is 11.1. The number of nitrogens with one attached hydrogen (secondary N) is 2. The first-order valence-electron chi connectivity index (χ1n) is 23.4. The van der Waals surface area contributed by atoms with Gasteiger partial charge in [0, 0.05) is 12.3 Å². The molecule has 0 spiro atoms. The fraction of sp³-hybridized carbons (Fsp3) is 0.647. The van der Waals surface area contributed by atoms with Crippen LogP contribution in [-0.4, -0.2) is 49.1 Å². The van der Waals surface area contributed by atoms with E-state index >= 15 is 0 Å². The van der Waals surface area contributed by atoms with E-state index in [9.17, 15) is 19.2 Å². The number of terminal acetylenes is 1. The first-order valence-corrected chi connectivity index (χ1v) is 23.4. The predicted molar refractivity (Wildman–Crippen MR) is 242 cm³/mol. The van der Waals surface area contributed by atoms with E-state index in [2.05, 4.69) is 30.4 Å². The third kappa shape index (κ3) is 26.1. The topological polar surface area (TPSA) is 120 Å². The van der Waals surface area contributed by atoms with Gasteiger partial charge in [0.05, 0.1) is 6.61 Å². The Morgan fingerprint density at radius 2 is 0.983 bits per heavy atom. The van der Waals surface area contributed by atoms with Gasteiger partial charge < -0.3 is 24.8 Å². The lowest BCUT2D eigenvalue weighted by molar-refractivity contribution is -0.151. The maximum absolute atomic E-state index is 14.0. The smallest absolute Gasteiger partial charge is 0.328 e. The van der Waals surface area contributed by atoms with Crippen LogP contribution in [0.3, 0.4) is 0 Å². The average molecular weight is 831 g/mol. The monoisotopic (exact) mass is 831 g/mol.